The van der Waals surface area contributed by atoms with Crippen molar-refractivity contribution in [2.24, 2.45) is 0 Å². The van der Waals surface area contributed by atoms with Crippen molar-refractivity contribution in [3.8, 4) is 5.82 Å². The number of carboxylic acids is 1. The number of aromatic carboxylic acids is 1. The van der Waals surface area contributed by atoms with Gasteiger partial charge in [-0.1, -0.05) is 11.6 Å². The standard InChI is InChI=1S/C21H18ClF3N4O12P2/c1-21(42(34,35)36,43(37,38)39)41-20(33)40-7-4-28(5-7)15-10(23)2-8-14(13(15)22)29(6-9(16(8)30)19(31)32)18-12(25)3-11(24)17(26)27-18/h2-3,6-7H,4-5H2,1H3,(H2,26,27)(H,31,32)(H2,34,35,36)(H2,37,38,39). The Hall–Kier alpha value is -3.70. The molecule has 3 aromatic rings. The quantitative estimate of drug-likeness (QED) is 0.155. The van der Waals surface area contributed by atoms with E-state index in [0.29, 0.717) is 29.8 Å². The van der Waals surface area contributed by atoms with Gasteiger partial charge in [0.1, 0.15) is 17.5 Å². The lowest BCUT2D eigenvalue weighted by Crippen LogP contribution is -2.54. The van der Waals surface area contributed by atoms with Crippen molar-refractivity contribution >= 4 is 61.3 Å². The van der Waals surface area contributed by atoms with Gasteiger partial charge in [-0.25, -0.2) is 27.7 Å². The highest BCUT2D eigenvalue weighted by Gasteiger charge is 2.61. The monoisotopic (exact) mass is 672 g/mol. The molecule has 0 saturated carbocycles. The van der Waals surface area contributed by atoms with E-state index in [1.807, 2.05) is 0 Å². The van der Waals surface area contributed by atoms with Crippen molar-refractivity contribution < 1.29 is 66.0 Å². The minimum atomic E-state index is -5.74. The van der Waals surface area contributed by atoms with Crippen LogP contribution >= 0.6 is 26.8 Å². The Bertz CT molecular complexity index is 1840. The molecule has 1 saturated heterocycles. The van der Waals surface area contributed by atoms with E-state index in [4.69, 9.17) is 22.1 Å². The Labute approximate surface area is 241 Å². The molecule has 0 aliphatic carbocycles. The van der Waals surface area contributed by atoms with Crippen LogP contribution in [-0.2, 0) is 18.6 Å². The largest absolute Gasteiger partial charge is 0.510 e. The summed E-state index contributed by atoms with van der Waals surface area (Å²) in [5.74, 6) is -7.18. The van der Waals surface area contributed by atoms with Gasteiger partial charge < -0.3 is 44.8 Å². The predicted octanol–water partition coefficient (Wildman–Crippen LogP) is 2.11. The molecule has 3 heterocycles. The number of fused-ring (bicyclic) bond motifs is 1. The zero-order chi connectivity index (χ0) is 32.4. The first kappa shape index (κ1) is 32.2. The van der Waals surface area contributed by atoms with E-state index < -0.39 is 113 Å². The molecule has 1 aromatic carbocycles. The van der Waals surface area contributed by atoms with Gasteiger partial charge in [0.25, 0.3) is 0 Å². The van der Waals surface area contributed by atoms with Crippen molar-refractivity contribution in [3.63, 3.8) is 0 Å². The average Bonchev–Trinajstić information content (AvgIpc) is 2.83. The average molecular weight is 673 g/mol. The molecule has 232 valence electrons. The van der Waals surface area contributed by atoms with E-state index >= 15 is 4.39 Å². The summed E-state index contributed by atoms with van der Waals surface area (Å²) in [5, 5.41) is 4.67. The van der Waals surface area contributed by atoms with Crippen molar-refractivity contribution in [1.29, 1.82) is 0 Å². The van der Waals surface area contributed by atoms with Crippen LogP contribution in [0.1, 0.15) is 17.3 Å². The minimum absolute atomic E-state index is 0.300. The molecule has 0 unspecified atom stereocenters. The number of carbonyl (C=O) groups is 2. The van der Waals surface area contributed by atoms with Crippen LogP contribution in [0.3, 0.4) is 0 Å². The second-order valence-corrected chi connectivity index (χ2v) is 13.8. The Morgan fingerprint density at radius 2 is 1.67 bits per heavy atom. The molecule has 16 nitrogen and oxygen atoms in total. The summed E-state index contributed by atoms with van der Waals surface area (Å²) in [6.45, 7) is -0.491. The fourth-order valence-corrected chi connectivity index (χ4v) is 6.10. The van der Waals surface area contributed by atoms with Gasteiger partial charge in [0.05, 0.1) is 34.7 Å². The normalized spacial score (nSPS) is 14.5. The van der Waals surface area contributed by atoms with Gasteiger partial charge in [-0.3, -0.25) is 18.5 Å². The van der Waals surface area contributed by atoms with Gasteiger partial charge in [-0.15, -0.1) is 0 Å². The van der Waals surface area contributed by atoms with Gasteiger partial charge in [0.15, 0.2) is 23.3 Å². The molecule has 22 heteroatoms. The van der Waals surface area contributed by atoms with Crippen LogP contribution < -0.4 is 16.1 Å². The first-order valence-corrected chi connectivity index (χ1v) is 15.0. The van der Waals surface area contributed by atoms with Gasteiger partial charge >= 0.3 is 32.4 Å². The number of rotatable bonds is 7. The van der Waals surface area contributed by atoms with Crippen LogP contribution in [-0.4, -0.2) is 70.6 Å². The molecule has 0 amide bonds. The second kappa shape index (κ2) is 10.8. The molecular formula is C21H18ClF3N4O12P2. The highest BCUT2D eigenvalue weighted by Crippen LogP contribution is 2.69. The molecule has 4 rings (SSSR count). The molecule has 1 aliphatic heterocycles. The van der Waals surface area contributed by atoms with Gasteiger partial charge in [-0.05, 0) is 13.0 Å². The maximum Gasteiger partial charge on any atom is 0.510 e. The number of halogens is 4. The van der Waals surface area contributed by atoms with Crippen molar-refractivity contribution in [2.45, 2.75) is 18.1 Å². The van der Waals surface area contributed by atoms with E-state index in [0.717, 1.165) is 4.90 Å². The summed E-state index contributed by atoms with van der Waals surface area (Å²) in [6.07, 6.45) is -2.46. The zero-order valence-corrected chi connectivity index (χ0v) is 23.7. The number of nitrogen functional groups attached to an aromatic ring is 1. The summed E-state index contributed by atoms with van der Waals surface area (Å²) in [7, 11) is -11.5. The van der Waals surface area contributed by atoms with Crippen molar-refractivity contribution in [2.75, 3.05) is 23.7 Å². The Morgan fingerprint density at radius 1 is 1.09 bits per heavy atom. The zero-order valence-electron chi connectivity index (χ0n) is 21.1. The van der Waals surface area contributed by atoms with Crippen LogP contribution in [0.25, 0.3) is 16.7 Å². The second-order valence-electron chi connectivity index (χ2n) is 9.14. The number of pyridine rings is 2. The van der Waals surface area contributed by atoms with Crippen LogP contribution in [0.4, 0.5) is 29.5 Å². The highest BCUT2D eigenvalue weighted by atomic mass is 35.5. The van der Waals surface area contributed by atoms with E-state index in [1.54, 1.807) is 0 Å². The maximum atomic E-state index is 15.3. The van der Waals surface area contributed by atoms with Crippen LogP contribution in [0.15, 0.2) is 23.1 Å². The molecule has 0 atom stereocenters. The first-order chi connectivity index (χ1) is 19.7. The highest BCUT2D eigenvalue weighted by molar-refractivity contribution is 7.72. The fraction of sp³-hybridized carbons (Fsp3) is 0.238. The summed E-state index contributed by atoms with van der Waals surface area (Å²) < 4.78 is 76.7. The van der Waals surface area contributed by atoms with E-state index in [-0.39, 0.29) is 0 Å². The van der Waals surface area contributed by atoms with Crippen LogP contribution in [0.5, 0.6) is 0 Å². The SMILES string of the molecule is CC(OC(=O)OC1CN(c2c(F)cc3c(=O)c(C(=O)O)cn(-c4nc(N)c(F)cc4F)c3c2Cl)C1)(P(=O)(O)O)P(=O)(O)O. The van der Waals surface area contributed by atoms with Crippen LogP contribution in [0, 0.1) is 17.5 Å². The number of anilines is 2. The number of hydrogen-bond donors (Lipinski definition) is 6. The Morgan fingerprint density at radius 3 is 2.21 bits per heavy atom. The number of nitrogens with zero attached hydrogens (tertiary/aromatic N) is 3. The van der Waals surface area contributed by atoms with Crippen LogP contribution in [0.2, 0.25) is 5.02 Å². The Kier molecular flexibility index (Phi) is 8.08. The molecule has 43 heavy (non-hydrogen) atoms. The number of ether oxygens (including phenoxy) is 2. The number of hydrogen-bond acceptors (Lipinski definition) is 10. The minimum Gasteiger partial charge on any atom is -0.477 e. The third-order valence-corrected chi connectivity index (χ3v) is 10.6. The maximum absolute atomic E-state index is 15.3. The summed E-state index contributed by atoms with van der Waals surface area (Å²) in [5.41, 5.74) is 2.33. The van der Waals surface area contributed by atoms with Gasteiger partial charge in [-0.2, -0.15) is 0 Å². The van der Waals surface area contributed by atoms with E-state index in [1.165, 1.54) is 0 Å². The summed E-state index contributed by atoms with van der Waals surface area (Å²) in [6, 6.07) is 0.932. The third-order valence-electron chi connectivity index (χ3n) is 6.34. The summed E-state index contributed by atoms with van der Waals surface area (Å²) >= 11 is 6.43. The molecule has 0 radical (unpaired) electrons. The summed E-state index contributed by atoms with van der Waals surface area (Å²) in [4.78, 5) is 78.5. The lowest BCUT2D eigenvalue weighted by Gasteiger charge is -2.41. The first-order valence-electron chi connectivity index (χ1n) is 11.4. The number of aromatic nitrogens is 2. The fourth-order valence-electron chi connectivity index (χ4n) is 3.96. The number of carboxylic acid groups (broad SMARTS) is 1. The molecule has 1 fully saturated rings. The lowest BCUT2D eigenvalue weighted by atomic mass is 10.1. The number of carbonyl (C=O) groups excluding carboxylic acids is 1. The van der Waals surface area contributed by atoms with Gasteiger partial charge in [0, 0.05) is 12.3 Å². The molecule has 0 spiro atoms. The molecule has 2 aromatic heterocycles. The number of benzene rings is 1. The lowest BCUT2D eigenvalue weighted by molar-refractivity contribution is -0.00930. The predicted molar refractivity (Wildman–Crippen MR) is 140 cm³/mol. The van der Waals surface area contributed by atoms with Gasteiger partial charge in [0.2, 0.25) is 5.43 Å². The molecule has 0 bridgehead atoms. The molecular weight excluding hydrogens is 655 g/mol. The third kappa shape index (κ3) is 5.56. The topological polar surface area (TPSA) is 252 Å². The van der Waals surface area contributed by atoms with E-state index in [9.17, 15) is 57.0 Å². The molecule has 1 aliphatic rings. The molecule has 7 N–H and O–H groups in total. The number of nitrogens with two attached hydrogens (primary N) is 1. The van der Waals surface area contributed by atoms with Crippen molar-refractivity contribution in [1.82, 2.24) is 9.55 Å². The smallest absolute Gasteiger partial charge is 0.477 e. The van der Waals surface area contributed by atoms with E-state index in [2.05, 4.69) is 9.72 Å². The van der Waals surface area contributed by atoms with Crippen molar-refractivity contribution in [3.05, 3.63) is 56.6 Å². The Balaban J connectivity index is 1.72.